The number of unbranched alkanes of at least 4 members (excludes halogenated alkanes) is 1. The number of rotatable bonds is 11. The topological polar surface area (TPSA) is 102 Å². The number of aliphatic imine (C=N–C) groups is 1. The Kier molecular flexibility index (Phi) is 9.34. The second kappa shape index (κ2) is 12.9. The summed E-state index contributed by atoms with van der Waals surface area (Å²) in [5.74, 6) is -1.85. The summed E-state index contributed by atoms with van der Waals surface area (Å²) in [7, 11) is 5.80. The summed E-state index contributed by atoms with van der Waals surface area (Å²) < 4.78 is 0. The summed E-state index contributed by atoms with van der Waals surface area (Å²) in [6.07, 6.45) is 2.11. The average Bonchev–Trinajstić information content (AvgIpc) is 3.23. The van der Waals surface area contributed by atoms with Gasteiger partial charge in [-0.15, -0.1) is 0 Å². The summed E-state index contributed by atoms with van der Waals surface area (Å²) in [6, 6.07) is 19.6. The molecule has 0 spiro atoms. The molecule has 2 amide bonds. The van der Waals surface area contributed by atoms with Crippen LogP contribution in [0.3, 0.4) is 0 Å². The van der Waals surface area contributed by atoms with Gasteiger partial charge in [-0.1, -0.05) is 35.9 Å². The van der Waals surface area contributed by atoms with Gasteiger partial charge in [-0.3, -0.25) is 19.4 Å². The highest BCUT2D eigenvalue weighted by Gasteiger charge is 2.35. The summed E-state index contributed by atoms with van der Waals surface area (Å²) in [5, 5.41) is 12.7. The molecular formula is C31H33ClN4O4. The molecule has 1 aliphatic rings. The van der Waals surface area contributed by atoms with E-state index in [1.165, 1.54) is 0 Å². The summed E-state index contributed by atoms with van der Waals surface area (Å²) in [4.78, 5) is 45.9. The molecule has 0 saturated carbocycles. The molecule has 1 atom stereocenters. The molecule has 0 radical (unpaired) electrons. The van der Waals surface area contributed by atoms with Gasteiger partial charge in [0.2, 0.25) is 11.8 Å². The third-order valence-corrected chi connectivity index (χ3v) is 7.04. The molecule has 1 heterocycles. The monoisotopic (exact) mass is 560 g/mol. The second-order valence-corrected chi connectivity index (χ2v) is 10.6. The normalized spacial score (nSPS) is 14.7. The molecule has 9 heteroatoms. The fraction of sp³-hybridized carbons (Fsp3) is 0.290. The van der Waals surface area contributed by atoms with Crippen LogP contribution in [0.5, 0.6) is 0 Å². The van der Waals surface area contributed by atoms with Gasteiger partial charge in [0.15, 0.2) is 0 Å². The van der Waals surface area contributed by atoms with E-state index in [4.69, 9.17) is 16.6 Å². The first-order chi connectivity index (χ1) is 19.1. The highest BCUT2D eigenvalue weighted by molar-refractivity contribution is 6.31. The van der Waals surface area contributed by atoms with Crippen molar-refractivity contribution in [2.45, 2.75) is 31.6 Å². The van der Waals surface area contributed by atoms with Crippen molar-refractivity contribution < 1.29 is 19.5 Å². The van der Waals surface area contributed by atoms with Crippen molar-refractivity contribution in [3.63, 3.8) is 0 Å². The van der Waals surface area contributed by atoms with E-state index in [0.29, 0.717) is 39.7 Å². The maximum Gasteiger partial charge on any atom is 0.307 e. The second-order valence-electron chi connectivity index (χ2n) is 10.2. The van der Waals surface area contributed by atoms with Crippen LogP contribution in [0.1, 0.15) is 41.9 Å². The summed E-state index contributed by atoms with van der Waals surface area (Å²) in [6.45, 7) is 0.946. The number of hydrogen-bond acceptors (Lipinski definition) is 5. The van der Waals surface area contributed by atoms with Gasteiger partial charge in [0.25, 0.3) is 0 Å². The van der Waals surface area contributed by atoms with Gasteiger partial charge in [0.1, 0.15) is 5.92 Å². The predicted molar refractivity (Wildman–Crippen MR) is 159 cm³/mol. The molecule has 3 aromatic carbocycles. The molecule has 4 rings (SSSR count). The Morgan fingerprint density at radius 1 is 1.00 bits per heavy atom. The predicted octanol–water partition coefficient (Wildman–Crippen LogP) is 5.52. The third-order valence-electron chi connectivity index (χ3n) is 6.80. The van der Waals surface area contributed by atoms with Crippen LogP contribution in [0.15, 0.2) is 71.7 Å². The Hall–Kier alpha value is -4.01. The van der Waals surface area contributed by atoms with Gasteiger partial charge in [-0.25, -0.2) is 0 Å². The largest absolute Gasteiger partial charge is 0.481 e. The Balaban J connectivity index is 1.64. The third kappa shape index (κ3) is 7.14. The molecule has 1 unspecified atom stereocenters. The van der Waals surface area contributed by atoms with Gasteiger partial charge < -0.3 is 20.2 Å². The molecule has 1 aliphatic heterocycles. The number of nitrogens with one attached hydrogen (secondary N) is 1. The number of carbonyl (C=O) groups is 3. The smallest absolute Gasteiger partial charge is 0.307 e. The van der Waals surface area contributed by atoms with Crippen LogP contribution in [-0.2, 0) is 20.8 Å². The van der Waals surface area contributed by atoms with Crippen molar-refractivity contribution >= 4 is 52.2 Å². The van der Waals surface area contributed by atoms with Gasteiger partial charge >= 0.3 is 5.97 Å². The van der Waals surface area contributed by atoms with Crippen LogP contribution < -0.4 is 10.2 Å². The Bertz CT molecular complexity index is 1440. The molecule has 0 aromatic heterocycles. The van der Waals surface area contributed by atoms with Crippen LogP contribution in [-0.4, -0.2) is 61.2 Å². The lowest BCUT2D eigenvalue weighted by atomic mass is 9.89. The van der Waals surface area contributed by atoms with Gasteiger partial charge in [0.05, 0.1) is 17.8 Å². The van der Waals surface area contributed by atoms with Crippen LogP contribution in [0.4, 0.5) is 17.1 Å². The quantitative estimate of drug-likeness (QED) is 0.237. The number of aliphatic carboxylic acids is 1. The lowest BCUT2D eigenvalue weighted by molar-refractivity contribution is -0.136. The fourth-order valence-corrected chi connectivity index (χ4v) is 4.90. The van der Waals surface area contributed by atoms with Crippen LogP contribution >= 0.6 is 11.6 Å². The molecule has 3 aromatic rings. The first kappa shape index (κ1) is 29.0. The number of hydrogen-bond donors (Lipinski definition) is 2. The van der Waals surface area contributed by atoms with Gasteiger partial charge in [0, 0.05) is 29.9 Å². The molecule has 208 valence electrons. The Morgan fingerprint density at radius 2 is 1.75 bits per heavy atom. The highest BCUT2D eigenvalue weighted by Crippen LogP contribution is 2.38. The minimum atomic E-state index is -0.943. The maximum atomic E-state index is 13.2. The van der Waals surface area contributed by atoms with Crippen molar-refractivity contribution in [1.82, 2.24) is 4.90 Å². The number of nitrogens with zero attached hydrogens (tertiary/aromatic N) is 3. The molecule has 8 nitrogen and oxygen atoms in total. The highest BCUT2D eigenvalue weighted by atomic mass is 35.5. The van der Waals surface area contributed by atoms with E-state index in [-0.39, 0.29) is 18.2 Å². The first-order valence-electron chi connectivity index (χ1n) is 13.1. The number of amides is 2. The van der Waals surface area contributed by atoms with E-state index in [2.05, 4.69) is 10.2 Å². The van der Waals surface area contributed by atoms with Crippen molar-refractivity contribution in [2.75, 3.05) is 37.9 Å². The molecule has 40 heavy (non-hydrogen) atoms. The van der Waals surface area contributed by atoms with Gasteiger partial charge in [-0.05, 0) is 92.6 Å². The number of fused-ring (bicyclic) bond motifs is 1. The van der Waals surface area contributed by atoms with E-state index in [9.17, 15) is 19.5 Å². The van der Waals surface area contributed by atoms with Crippen molar-refractivity contribution in [2.24, 2.45) is 4.99 Å². The van der Waals surface area contributed by atoms with Crippen molar-refractivity contribution in [1.29, 1.82) is 0 Å². The number of anilines is 2. The molecular weight excluding hydrogens is 528 g/mol. The minimum absolute atomic E-state index is 0.0452. The molecule has 0 saturated heterocycles. The average molecular weight is 561 g/mol. The molecule has 0 fully saturated rings. The SMILES string of the molecule is CN(C)CCCCC(=O)N(C)c1ccc(N=C(c2cccc(CC(=O)O)c2)C2C(=O)Nc3cc(Cl)ccc32)cc1. The van der Waals surface area contributed by atoms with Crippen LogP contribution in [0, 0.1) is 0 Å². The summed E-state index contributed by atoms with van der Waals surface area (Å²) >= 11 is 6.16. The number of halogens is 1. The van der Waals surface area contributed by atoms with E-state index in [0.717, 1.165) is 30.6 Å². The maximum absolute atomic E-state index is 13.2. The van der Waals surface area contributed by atoms with Crippen LogP contribution in [0.25, 0.3) is 0 Å². The number of carboxylic acids is 1. The minimum Gasteiger partial charge on any atom is -0.481 e. The van der Waals surface area contributed by atoms with Crippen molar-refractivity contribution in [3.8, 4) is 0 Å². The molecule has 0 bridgehead atoms. The van der Waals surface area contributed by atoms with E-state index in [1.54, 1.807) is 48.3 Å². The standard InChI is InChI=1S/C31H33ClN4O4/c1-35(2)16-5-4-9-27(37)36(3)24-13-11-23(12-14-24)33-30(21-8-6-7-20(17-21)18-28(38)39)29-25-15-10-22(32)19-26(25)34-31(29)40/h6-8,10-15,17,19,29H,4-5,9,16,18H2,1-3H3,(H,34,40)(H,38,39). The summed E-state index contributed by atoms with van der Waals surface area (Å²) in [5.41, 5.74) is 4.46. The lowest BCUT2D eigenvalue weighted by Crippen LogP contribution is -2.26. The number of carbonyl (C=O) groups excluding carboxylic acids is 2. The first-order valence-corrected chi connectivity index (χ1v) is 13.5. The zero-order chi connectivity index (χ0) is 28.8. The van der Waals surface area contributed by atoms with E-state index < -0.39 is 11.9 Å². The zero-order valence-electron chi connectivity index (χ0n) is 22.9. The van der Waals surface area contributed by atoms with Crippen molar-refractivity contribution in [3.05, 3.63) is 88.4 Å². The Morgan fingerprint density at radius 3 is 2.45 bits per heavy atom. The Labute approximate surface area is 239 Å². The van der Waals surface area contributed by atoms with E-state index >= 15 is 0 Å². The fourth-order valence-electron chi connectivity index (χ4n) is 4.72. The van der Waals surface area contributed by atoms with Gasteiger partial charge in [-0.2, -0.15) is 0 Å². The molecule has 0 aliphatic carbocycles. The van der Waals surface area contributed by atoms with Crippen LogP contribution in [0.2, 0.25) is 5.02 Å². The van der Waals surface area contributed by atoms with E-state index in [1.807, 2.05) is 44.4 Å². The molecule has 2 N–H and O–H groups in total. The zero-order valence-corrected chi connectivity index (χ0v) is 23.6. The lowest BCUT2D eigenvalue weighted by Gasteiger charge is -2.18. The number of benzene rings is 3. The number of carboxylic acid groups (broad SMARTS) is 1.